The first kappa shape index (κ1) is 14.3. The highest BCUT2D eigenvalue weighted by molar-refractivity contribution is 6.34. The minimum absolute atomic E-state index is 0.360. The van der Waals surface area contributed by atoms with E-state index in [2.05, 4.69) is 4.98 Å². The molecule has 21 heavy (non-hydrogen) atoms. The van der Waals surface area contributed by atoms with E-state index in [1.807, 2.05) is 0 Å². The van der Waals surface area contributed by atoms with E-state index in [9.17, 15) is 0 Å². The van der Waals surface area contributed by atoms with Gasteiger partial charge in [-0.3, -0.25) is 0 Å². The molecule has 3 rings (SSSR count). The molecule has 1 aromatic heterocycles. The third-order valence-electron chi connectivity index (χ3n) is 3.12. The first-order valence-electron chi connectivity index (χ1n) is 6.64. The molecule has 4 nitrogen and oxygen atoms in total. The van der Waals surface area contributed by atoms with E-state index in [1.165, 1.54) is 12.8 Å². The Hall–Kier alpha value is -1.65. The zero-order valence-electron chi connectivity index (χ0n) is 11.2. The molecule has 1 aliphatic rings. The summed E-state index contributed by atoms with van der Waals surface area (Å²) in [6, 6.07) is 8.35. The summed E-state index contributed by atoms with van der Waals surface area (Å²) in [6.07, 6.45) is 2.41. The van der Waals surface area contributed by atoms with Crippen molar-refractivity contribution >= 4 is 28.9 Å². The average Bonchev–Trinajstić information content (AvgIpc) is 3.27. The molecular formula is C15H14Cl2N2O2. The van der Waals surface area contributed by atoms with Crippen molar-refractivity contribution in [2.75, 3.05) is 12.3 Å². The van der Waals surface area contributed by atoms with Gasteiger partial charge in [-0.15, -0.1) is 0 Å². The zero-order valence-corrected chi connectivity index (χ0v) is 12.7. The van der Waals surface area contributed by atoms with Crippen LogP contribution in [0.5, 0.6) is 17.5 Å². The van der Waals surface area contributed by atoms with Crippen LogP contribution >= 0.6 is 23.2 Å². The first-order chi connectivity index (χ1) is 10.1. The highest BCUT2D eigenvalue weighted by Gasteiger charge is 2.22. The van der Waals surface area contributed by atoms with Gasteiger partial charge in [0.15, 0.2) is 0 Å². The molecule has 2 N–H and O–H groups in total. The molecule has 0 radical (unpaired) electrons. The van der Waals surface area contributed by atoms with Crippen LogP contribution in [0, 0.1) is 5.92 Å². The largest absolute Gasteiger partial charge is 0.476 e. The molecule has 1 aromatic carbocycles. The lowest BCUT2D eigenvalue weighted by atomic mass is 10.3. The second-order valence-electron chi connectivity index (χ2n) is 4.98. The summed E-state index contributed by atoms with van der Waals surface area (Å²) >= 11 is 12.0. The van der Waals surface area contributed by atoms with Gasteiger partial charge in [0.25, 0.3) is 0 Å². The summed E-state index contributed by atoms with van der Waals surface area (Å²) in [5, 5.41) is 0.994. The fraction of sp³-hybridized carbons (Fsp3) is 0.267. The van der Waals surface area contributed by atoms with Crippen LogP contribution in [0.1, 0.15) is 12.8 Å². The number of aromatic nitrogens is 1. The van der Waals surface area contributed by atoms with E-state index < -0.39 is 0 Å². The molecule has 1 saturated carbocycles. The van der Waals surface area contributed by atoms with Gasteiger partial charge in [0, 0.05) is 17.2 Å². The van der Waals surface area contributed by atoms with Gasteiger partial charge < -0.3 is 15.2 Å². The number of nitrogens with zero attached hydrogens (tertiary/aromatic N) is 1. The maximum Gasteiger partial charge on any atom is 0.240 e. The Kier molecular flexibility index (Phi) is 4.08. The number of ether oxygens (including phenoxy) is 2. The molecule has 1 fully saturated rings. The van der Waals surface area contributed by atoms with Crippen molar-refractivity contribution in [1.29, 1.82) is 0 Å². The number of hydrogen-bond acceptors (Lipinski definition) is 4. The van der Waals surface area contributed by atoms with E-state index in [0.29, 0.717) is 45.8 Å². The number of anilines is 1. The van der Waals surface area contributed by atoms with Crippen LogP contribution < -0.4 is 15.2 Å². The Morgan fingerprint density at radius 2 is 2.00 bits per heavy atom. The molecule has 0 unspecified atom stereocenters. The van der Waals surface area contributed by atoms with Crippen LogP contribution in [0.25, 0.3) is 0 Å². The Bertz CT molecular complexity index is 660. The van der Waals surface area contributed by atoms with E-state index >= 15 is 0 Å². The van der Waals surface area contributed by atoms with Crippen molar-refractivity contribution in [3.63, 3.8) is 0 Å². The lowest BCUT2D eigenvalue weighted by Gasteiger charge is -2.11. The van der Waals surface area contributed by atoms with Gasteiger partial charge in [0.1, 0.15) is 5.75 Å². The molecule has 2 aromatic rings. The Morgan fingerprint density at radius 3 is 2.76 bits per heavy atom. The van der Waals surface area contributed by atoms with Crippen molar-refractivity contribution < 1.29 is 9.47 Å². The van der Waals surface area contributed by atoms with Crippen molar-refractivity contribution in [3.8, 4) is 17.5 Å². The quantitative estimate of drug-likeness (QED) is 0.876. The Labute approximate surface area is 132 Å². The third kappa shape index (κ3) is 3.71. The smallest absolute Gasteiger partial charge is 0.240 e. The van der Waals surface area contributed by atoms with Gasteiger partial charge >= 0.3 is 0 Å². The molecule has 0 atom stereocenters. The molecular weight excluding hydrogens is 311 g/mol. The maximum atomic E-state index is 6.06. The number of benzene rings is 1. The monoisotopic (exact) mass is 324 g/mol. The second kappa shape index (κ2) is 6.00. The number of rotatable bonds is 5. The van der Waals surface area contributed by atoms with E-state index in [-0.39, 0.29) is 0 Å². The van der Waals surface area contributed by atoms with Crippen molar-refractivity contribution in [3.05, 3.63) is 40.4 Å². The molecule has 1 heterocycles. The number of pyridine rings is 1. The maximum absolute atomic E-state index is 6.06. The highest BCUT2D eigenvalue weighted by Crippen LogP contribution is 2.34. The van der Waals surface area contributed by atoms with Gasteiger partial charge in [0.2, 0.25) is 11.8 Å². The minimum Gasteiger partial charge on any atom is -0.476 e. The summed E-state index contributed by atoms with van der Waals surface area (Å²) in [4.78, 5) is 4.27. The summed E-state index contributed by atoms with van der Waals surface area (Å²) in [5.41, 5.74) is 6.34. The molecule has 0 saturated heterocycles. The van der Waals surface area contributed by atoms with Crippen molar-refractivity contribution in [2.24, 2.45) is 5.92 Å². The molecule has 6 heteroatoms. The number of nitrogen functional groups attached to an aromatic ring is 1. The zero-order chi connectivity index (χ0) is 14.8. The minimum atomic E-state index is 0.360. The molecule has 0 aliphatic heterocycles. The average molecular weight is 325 g/mol. The van der Waals surface area contributed by atoms with Crippen molar-refractivity contribution in [2.45, 2.75) is 12.8 Å². The summed E-state index contributed by atoms with van der Waals surface area (Å²) in [6.45, 7) is 0.637. The van der Waals surface area contributed by atoms with Crippen LogP contribution in [-0.4, -0.2) is 11.6 Å². The standard InChI is InChI=1S/C15H14Cl2N2O2/c16-10-3-4-11(17)13(7-10)21-14-6-5-12(18)15(19-14)20-8-9-1-2-9/h3-7,9H,1-2,8,18H2. The lowest BCUT2D eigenvalue weighted by Crippen LogP contribution is -2.04. The molecule has 0 spiro atoms. The van der Waals surface area contributed by atoms with Gasteiger partial charge in [0.05, 0.1) is 17.3 Å². The van der Waals surface area contributed by atoms with Gasteiger partial charge in [-0.1, -0.05) is 23.2 Å². The van der Waals surface area contributed by atoms with E-state index in [1.54, 1.807) is 30.3 Å². The Balaban J connectivity index is 1.78. The van der Waals surface area contributed by atoms with Gasteiger partial charge in [-0.05, 0) is 37.0 Å². The van der Waals surface area contributed by atoms with Crippen LogP contribution in [0.3, 0.4) is 0 Å². The second-order valence-corrected chi connectivity index (χ2v) is 5.82. The number of nitrogens with two attached hydrogens (primary N) is 1. The summed E-state index contributed by atoms with van der Waals surface area (Å²) in [7, 11) is 0. The molecule has 110 valence electrons. The SMILES string of the molecule is Nc1ccc(Oc2cc(Cl)ccc2Cl)nc1OCC1CC1. The lowest BCUT2D eigenvalue weighted by molar-refractivity contribution is 0.286. The summed E-state index contributed by atoms with van der Waals surface area (Å²) in [5.74, 6) is 1.81. The fourth-order valence-corrected chi connectivity index (χ4v) is 2.07. The van der Waals surface area contributed by atoms with Gasteiger partial charge in [-0.25, -0.2) is 0 Å². The normalized spacial score (nSPS) is 14.0. The van der Waals surface area contributed by atoms with E-state index in [4.69, 9.17) is 38.4 Å². The molecule has 1 aliphatic carbocycles. The van der Waals surface area contributed by atoms with E-state index in [0.717, 1.165) is 0 Å². The highest BCUT2D eigenvalue weighted by atomic mass is 35.5. The third-order valence-corrected chi connectivity index (χ3v) is 3.67. The van der Waals surface area contributed by atoms with Crippen LogP contribution in [0.15, 0.2) is 30.3 Å². The van der Waals surface area contributed by atoms with Crippen LogP contribution in [-0.2, 0) is 0 Å². The number of halogens is 2. The van der Waals surface area contributed by atoms with Crippen LogP contribution in [0.2, 0.25) is 10.0 Å². The molecule has 0 amide bonds. The Morgan fingerprint density at radius 1 is 1.19 bits per heavy atom. The molecule has 0 bridgehead atoms. The predicted octanol–water partition coefficient (Wildman–Crippen LogP) is 4.55. The summed E-state index contributed by atoms with van der Waals surface area (Å²) < 4.78 is 11.3. The number of hydrogen-bond donors (Lipinski definition) is 1. The predicted molar refractivity (Wildman–Crippen MR) is 83.4 cm³/mol. The fourth-order valence-electron chi connectivity index (χ4n) is 1.76. The first-order valence-corrected chi connectivity index (χ1v) is 7.39. The van der Waals surface area contributed by atoms with Crippen LogP contribution in [0.4, 0.5) is 5.69 Å². The van der Waals surface area contributed by atoms with Crippen molar-refractivity contribution in [1.82, 2.24) is 4.98 Å². The topological polar surface area (TPSA) is 57.4 Å². The van der Waals surface area contributed by atoms with Gasteiger partial charge in [-0.2, -0.15) is 4.98 Å².